The van der Waals surface area contributed by atoms with Gasteiger partial charge in [-0.25, -0.2) is 5.48 Å². The van der Waals surface area contributed by atoms with E-state index < -0.39 is 11.3 Å². The number of carbonyl (C=O) groups is 2. The average molecular weight is 366 g/mol. The second-order valence-corrected chi connectivity index (χ2v) is 7.53. The summed E-state index contributed by atoms with van der Waals surface area (Å²) in [7, 11) is 0. The van der Waals surface area contributed by atoms with Gasteiger partial charge in [-0.05, 0) is 37.8 Å². The van der Waals surface area contributed by atoms with Crippen LogP contribution in [0.2, 0.25) is 0 Å². The second-order valence-electron chi connectivity index (χ2n) is 7.53. The zero-order valence-corrected chi connectivity index (χ0v) is 15.8. The lowest BCUT2D eigenvalue weighted by atomic mass is 9.81. The molecule has 1 unspecified atom stereocenters. The number of likely N-dealkylation sites (tertiary alicyclic amines) is 1. The maximum Gasteiger partial charge on any atom is 0.245 e. The topological polar surface area (TPSA) is 69.6 Å². The molecule has 27 heavy (non-hydrogen) atoms. The number of aryl methyl sites for hydroxylation is 1. The summed E-state index contributed by atoms with van der Waals surface area (Å²) in [5.41, 5.74) is 4.34. The summed E-state index contributed by atoms with van der Waals surface area (Å²) in [6.07, 6.45) is 1.35. The number of carbonyl (C=O) groups excluding carboxylic acids is 2. The Bertz CT molecular complexity index is 804. The van der Waals surface area contributed by atoms with Crippen LogP contribution in [0.5, 0.6) is 0 Å². The van der Waals surface area contributed by atoms with E-state index >= 15 is 0 Å². The number of rotatable bonds is 6. The lowest BCUT2D eigenvalue weighted by Crippen LogP contribution is -2.44. The van der Waals surface area contributed by atoms with Gasteiger partial charge in [-0.2, -0.15) is 0 Å². The van der Waals surface area contributed by atoms with Crippen LogP contribution in [0.25, 0.3) is 0 Å². The van der Waals surface area contributed by atoms with Gasteiger partial charge < -0.3 is 4.90 Å². The van der Waals surface area contributed by atoms with Crippen molar-refractivity contribution in [3.05, 3.63) is 71.3 Å². The van der Waals surface area contributed by atoms with Crippen molar-refractivity contribution < 1.29 is 14.8 Å². The molecule has 0 saturated carbocycles. The number of nitrogens with one attached hydrogen (secondary N) is 1. The molecule has 5 nitrogen and oxygen atoms in total. The van der Waals surface area contributed by atoms with E-state index in [4.69, 9.17) is 5.21 Å². The van der Waals surface area contributed by atoms with Gasteiger partial charge in [0, 0.05) is 19.0 Å². The standard InChI is InChI=1S/C22H26N2O3/c1-16-8-10-18(11-9-16)22(2)12-13-24(21(22)26)19(15-20(25)23-27)14-17-6-4-3-5-7-17/h3-11,19,27H,12-15H2,1-2H3,(H,23,25)/t19-,22?/m1/s1. The van der Waals surface area contributed by atoms with Crippen molar-refractivity contribution in [1.82, 2.24) is 10.4 Å². The molecule has 3 rings (SSSR count). The molecule has 0 aromatic heterocycles. The highest BCUT2D eigenvalue weighted by Crippen LogP contribution is 2.37. The zero-order chi connectivity index (χ0) is 19.4. The lowest BCUT2D eigenvalue weighted by molar-refractivity contribution is -0.136. The van der Waals surface area contributed by atoms with E-state index in [1.54, 1.807) is 5.48 Å². The third-order valence-corrected chi connectivity index (χ3v) is 5.57. The summed E-state index contributed by atoms with van der Waals surface area (Å²) in [5, 5.41) is 8.96. The summed E-state index contributed by atoms with van der Waals surface area (Å²) >= 11 is 0. The number of nitrogens with zero attached hydrogens (tertiary/aromatic N) is 1. The highest BCUT2D eigenvalue weighted by Gasteiger charge is 2.46. The molecule has 1 fully saturated rings. The summed E-state index contributed by atoms with van der Waals surface area (Å²) in [6, 6.07) is 17.6. The Labute approximate surface area is 160 Å². The Kier molecular flexibility index (Phi) is 5.61. The highest BCUT2D eigenvalue weighted by atomic mass is 16.5. The first-order valence-electron chi connectivity index (χ1n) is 9.29. The molecule has 5 heteroatoms. The Hall–Kier alpha value is -2.66. The van der Waals surface area contributed by atoms with Crippen LogP contribution in [-0.2, 0) is 21.4 Å². The van der Waals surface area contributed by atoms with Crippen LogP contribution < -0.4 is 5.48 Å². The molecule has 2 amide bonds. The Balaban J connectivity index is 1.85. The van der Waals surface area contributed by atoms with Crippen molar-refractivity contribution in [2.24, 2.45) is 0 Å². The molecule has 0 aliphatic carbocycles. The molecule has 1 saturated heterocycles. The Morgan fingerprint density at radius 2 is 1.85 bits per heavy atom. The van der Waals surface area contributed by atoms with E-state index in [2.05, 4.69) is 0 Å². The first-order chi connectivity index (χ1) is 12.9. The summed E-state index contributed by atoms with van der Waals surface area (Å²) < 4.78 is 0. The van der Waals surface area contributed by atoms with Crippen molar-refractivity contribution in [3.63, 3.8) is 0 Å². The van der Waals surface area contributed by atoms with Crippen LogP contribution in [0, 0.1) is 6.92 Å². The number of hydrogen-bond donors (Lipinski definition) is 2. The molecule has 1 aliphatic heterocycles. The fourth-order valence-corrected chi connectivity index (χ4v) is 3.85. The summed E-state index contributed by atoms with van der Waals surface area (Å²) in [5.74, 6) is -0.439. The first-order valence-corrected chi connectivity index (χ1v) is 9.29. The number of benzene rings is 2. The number of amides is 2. The van der Waals surface area contributed by atoms with Crippen molar-refractivity contribution in [2.75, 3.05) is 6.54 Å². The maximum absolute atomic E-state index is 13.3. The van der Waals surface area contributed by atoms with Gasteiger partial charge in [0.2, 0.25) is 11.8 Å². The highest BCUT2D eigenvalue weighted by molar-refractivity contribution is 5.90. The molecule has 2 atom stereocenters. The minimum Gasteiger partial charge on any atom is -0.338 e. The molecule has 0 bridgehead atoms. The molecular weight excluding hydrogens is 340 g/mol. The zero-order valence-electron chi connectivity index (χ0n) is 15.8. The van der Waals surface area contributed by atoms with Crippen molar-refractivity contribution >= 4 is 11.8 Å². The largest absolute Gasteiger partial charge is 0.338 e. The average Bonchev–Trinajstić information content (AvgIpc) is 2.98. The smallest absolute Gasteiger partial charge is 0.245 e. The predicted octanol–water partition coefficient (Wildman–Crippen LogP) is 2.99. The van der Waals surface area contributed by atoms with E-state index in [1.807, 2.05) is 73.3 Å². The Morgan fingerprint density at radius 3 is 2.48 bits per heavy atom. The van der Waals surface area contributed by atoms with E-state index in [0.717, 1.165) is 16.7 Å². The van der Waals surface area contributed by atoms with Gasteiger partial charge in [-0.1, -0.05) is 60.2 Å². The lowest BCUT2D eigenvalue weighted by Gasteiger charge is -2.30. The fraction of sp³-hybridized carbons (Fsp3) is 0.364. The second kappa shape index (κ2) is 7.92. The van der Waals surface area contributed by atoms with E-state index in [1.165, 1.54) is 0 Å². The van der Waals surface area contributed by atoms with Crippen LogP contribution in [0.1, 0.15) is 36.5 Å². The molecule has 2 N–H and O–H groups in total. The third-order valence-electron chi connectivity index (χ3n) is 5.57. The normalized spacial score (nSPS) is 20.6. The quantitative estimate of drug-likeness (QED) is 0.610. The summed E-state index contributed by atoms with van der Waals surface area (Å²) in [6.45, 7) is 4.60. The summed E-state index contributed by atoms with van der Waals surface area (Å²) in [4.78, 5) is 27.0. The maximum atomic E-state index is 13.3. The number of hydrogen-bond acceptors (Lipinski definition) is 3. The van der Waals surface area contributed by atoms with Crippen LogP contribution in [0.4, 0.5) is 0 Å². The molecule has 1 aliphatic rings. The molecule has 2 aromatic carbocycles. The van der Waals surface area contributed by atoms with Crippen molar-refractivity contribution in [1.29, 1.82) is 0 Å². The fourth-order valence-electron chi connectivity index (χ4n) is 3.85. The Morgan fingerprint density at radius 1 is 1.19 bits per heavy atom. The van der Waals surface area contributed by atoms with Gasteiger partial charge in [-0.3, -0.25) is 14.8 Å². The predicted molar refractivity (Wildman–Crippen MR) is 103 cm³/mol. The molecular formula is C22H26N2O3. The molecule has 0 spiro atoms. The van der Waals surface area contributed by atoms with Gasteiger partial charge in [0.05, 0.1) is 5.41 Å². The van der Waals surface area contributed by atoms with Gasteiger partial charge in [0.1, 0.15) is 0 Å². The SMILES string of the molecule is Cc1ccc(C2(C)CCN([C@@H](CC(=O)NO)Cc3ccccc3)C2=O)cc1. The number of hydroxylamine groups is 1. The van der Waals surface area contributed by atoms with Crippen LogP contribution in [0.3, 0.4) is 0 Å². The minimum absolute atomic E-state index is 0.0398. The third kappa shape index (κ3) is 4.03. The van der Waals surface area contributed by atoms with Gasteiger partial charge >= 0.3 is 0 Å². The first kappa shape index (κ1) is 19.1. The van der Waals surface area contributed by atoms with Gasteiger partial charge in [0.15, 0.2) is 0 Å². The van der Waals surface area contributed by atoms with Crippen LogP contribution >= 0.6 is 0 Å². The van der Waals surface area contributed by atoms with Gasteiger partial charge in [0.25, 0.3) is 0 Å². The van der Waals surface area contributed by atoms with Crippen LogP contribution in [-0.4, -0.2) is 34.5 Å². The van der Waals surface area contributed by atoms with Crippen LogP contribution in [0.15, 0.2) is 54.6 Å². The van der Waals surface area contributed by atoms with E-state index in [9.17, 15) is 9.59 Å². The molecule has 142 valence electrons. The van der Waals surface area contributed by atoms with E-state index in [-0.39, 0.29) is 18.4 Å². The molecule has 0 radical (unpaired) electrons. The van der Waals surface area contributed by atoms with E-state index in [0.29, 0.717) is 19.4 Å². The molecule has 2 aromatic rings. The van der Waals surface area contributed by atoms with Crippen molar-refractivity contribution in [2.45, 2.75) is 44.6 Å². The van der Waals surface area contributed by atoms with Gasteiger partial charge in [-0.15, -0.1) is 0 Å². The monoisotopic (exact) mass is 366 g/mol. The van der Waals surface area contributed by atoms with Crippen molar-refractivity contribution in [3.8, 4) is 0 Å². The molecule has 1 heterocycles. The minimum atomic E-state index is -0.585.